The molecule has 2 amide bonds. The number of halogens is 2. The lowest BCUT2D eigenvalue weighted by atomic mass is 10.1. The van der Waals surface area contributed by atoms with Crippen molar-refractivity contribution in [3.8, 4) is 0 Å². The first-order valence-electron chi connectivity index (χ1n) is 9.54. The number of hydrogen-bond acceptors (Lipinski definition) is 3. The summed E-state index contributed by atoms with van der Waals surface area (Å²) < 4.78 is 0.945. The van der Waals surface area contributed by atoms with E-state index in [1.165, 1.54) is 11.8 Å². The molecule has 0 heterocycles. The van der Waals surface area contributed by atoms with Crippen molar-refractivity contribution in [3.63, 3.8) is 0 Å². The highest BCUT2D eigenvalue weighted by molar-refractivity contribution is 9.10. The highest BCUT2D eigenvalue weighted by atomic mass is 79.9. The fraction of sp³-hybridized carbons (Fsp3) is 0.364. The molecule has 0 aliphatic carbocycles. The lowest BCUT2D eigenvalue weighted by Gasteiger charge is -2.29. The zero-order valence-corrected chi connectivity index (χ0v) is 19.8. The van der Waals surface area contributed by atoms with Crippen molar-refractivity contribution < 1.29 is 9.59 Å². The average Bonchev–Trinajstić information content (AvgIpc) is 2.69. The lowest BCUT2D eigenvalue weighted by Crippen LogP contribution is -2.48. The first-order chi connectivity index (χ1) is 13.9. The van der Waals surface area contributed by atoms with Gasteiger partial charge in [-0.2, -0.15) is 0 Å². The molecule has 0 saturated carbocycles. The molecule has 2 aromatic carbocycles. The highest BCUT2D eigenvalue weighted by Gasteiger charge is 2.25. The van der Waals surface area contributed by atoms with Crippen molar-refractivity contribution in [2.75, 3.05) is 12.3 Å². The van der Waals surface area contributed by atoms with Crippen molar-refractivity contribution in [2.24, 2.45) is 0 Å². The Labute approximate surface area is 190 Å². The smallest absolute Gasteiger partial charge is 0.242 e. The Morgan fingerprint density at radius 3 is 2.59 bits per heavy atom. The van der Waals surface area contributed by atoms with E-state index in [0.717, 1.165) is 22.0 Å². The molecule has 7 heteroatoms. The van der Waals surface area contributed by atoms with Gasteiger partial charge in [0.05, 0.1) is 5.75 Å². The summed E-state index contributed by atoms with van der Waals surface area (Å²) in [6.45, 7) is 4.77. The molecule has 0 spiro atoms. The number of amides is 2. The minimum absolute atomic E-state index is 0.0591. The van der Waals surface area contributed by atoms with Gasteiger partial charge in [-0.25, -0.2) is 0 Å². The molecule has 4 nitrogen and oxygen atoms in total. The largest absolute Gasteiger partial charge is 0.354 e. The molecule has 0 radical (unpaired) electrons. The van der Waals surface area contributed by atoms with Crippen LogP contribution in [-0.2, 0) is 21.9 Å². The Balaban J connectivity index is 2.05. The summed E-state index contributed by atoms with van der Waals surface area (Å²) in [5, 5.41) is 3.58. The van der Waals surface area contributed by atoms with Crippen LogP contribution in [0.2, 0.25) is 5.02 Å². The van der Waals surface area contributed by atoms with Gasteiger partial charge in [0.2, 0.25) is 11.8 Å². The van der Waals surface area contributed by atoms with Gasteiger partial charge in [-0.1, -0.05) is 58.7 Å². The Kier molecular flexibility index (Phi) is 10.0. The first kappa shape index (κ1) is 23.8. The summed E-state index contributed by atoms with van der Waals surface area (Å²) in [7, 11) is 0. The van der Waals surface area contributed by atoms with Gasteiger partial charge >= 0.3 is 0 Å². The van der Waals surface area contributed by atoms with Gasteiger partial charge in [0, 0.05) is 28.3 Å². The number of nitrogens with one attached hydrogen (secondary N) is 1. The minimum atomic E-state index is -0.542. The van der Waals surface area contributed by atoms with Crippen LogP contribution in [-0.4, -0.2) is 35.1 Å². The number of carbonyl (C=O) groups is 2. The highest BCUT2D eigenvalue weighted by Crippen LogP contribution is 2.19. The van der Waals surface area contributed by atoms with Gasteiger partial charge in [0.25, 0.3) is 0 Å². The third kappa shape index (κ3) is 8.03. The molecule has 0 bridgehead atoms. The molecule has 156 valence electrons. The molecule has 0 unspecified atom stereocenters. The van der Waals surface area contributed by atoms with Crippen LogP contribution in [0.1, 0.15) is 31.4 Å². The summed E-state index contributed by atoms with van der Waals surface area (Å²) in [5.41, 5.74) is 2.05. The number of benzene rings is 2. The standard InChI is InChI=1S/C22H26BrClN2O2S/c1-3-10-25-22(28)16(2)26(13-17-6-4-8-19(23)11-17)21(27)15-29-14-18-7-5-9-20(24)12-18/h4-9,11-12,16H,3,10,13-15H2,1-2H3,(H,25,28)/t16-/m0/s1. The molecule has 0 aliphatic rings. The number of rotatable bonds is 10. The van der Waals surface area contributed by atoms with E-state index in [-0.39, 0.29) is 11.8 Å². The van der Waals surface area contributed by atoms with E-state index in [2.05, 4.69) is 21.2 Å². The third-order valence-electron chi connectivity index (χ3n) is 4.34. The van der Waals surface area contributed by atoms with Crippen molar-refractivity contribution in [1.29, 1.82) is 0 Å². The maximum atomic E-state index is 13.0. The van der Waals surface area contributed by atoms with Crippen molar-refractivity contribution in [2.45, 2.75) is 38.6 Å². The normalized spacial score (nSPS) is 11.7. The summed E-state index contributed by atoms with van der Waals surface area (Å²) in [6, 6.07) is 14.9. The van der Waals surface area contributed by atoms with Crippen LogP contribution >= 0.6 is 39.3 Å². The second-order valence-corrected chi connectivity index (χ2v) is 9.08. The predicted molar refractivity (Wildman–Crippen MR) is 125 cm³/mol. The van der Waals surface area contributed by atoms with Crippen LogP contribution in [0.4, 0.5) is 0 Å². The molecular weight excluding hydrogens is 472 g/mol. The van der Waals surface area contributed by atoms with Crippen LogP contribution in [0.3, 0.4) is 0 Å². The van der Waals surface area contributed by atoms with Gasteiger partial charge in [-0.05, 0) is 48.7 Å². The SMILES string of the molecule is CCCNC(=O)[C@H](C)N(Cc1cccc(Br)c1)C(=O)CSCc1cccc(Cl)c1. The maximum absolute atomic E-state index is 13.0. The van der Waals surface area contributed by atoms with E-state index in [9.17, 15) is 9.59 Å². The van der Waals surface area contributed by atoms with Crippen molar-refractivity contribution >= 4 is 51.1 Å². The number of carbonyl (C=O) groups excluding carboxylic acids is 2. The fourth-order valence-corrected chi connectivity index (χ4v) is 4.29. The molecule has 1 atom stereocenters. The second-order valence-electron chi connectivity index (χ2n) is 6.74. The molecule has 1 N–H and O–H groups in total. The Morgan fingerprint density at radius 1 is 1.17 bits per heavy atom. The van der Waals surface area contributed by atoms with Gasteiger partial charge in [-0.3, -0.25) is 9.59 Å². The van der Waals surface area contributed by atoms with E-state index in [4.69, 9.17) is 11.6 Å². The Morgan fingerprint density at radius 2 is 1.90 bits per heavy atom. The summed E-state index contributed by atoms with van der Waals surface area (Å²) >= 11 is 11.0. The summed E-state index contributed by atoms with van der Waals surface area (Å²) in [5.74, 6) is 0.797. The molecule has 0 saturated heterocycles. The molecule has 0 fully saturated rings. The van der Waals surface area contributed by atoms with Gasteiger partial charge < -0.3 is 10.2 Å². The van der Waals surface area contributed by atoms with Gasteiger partial charge in [-0.15, -0.1) is 11.8 Å². The molecule has 0 aliphatic heterocycles. The molecule has 2 aromatic rings. The zero-order chi connectivity index (χ0) is 21.2. The van der Waals surface area contributed by atoms with Crippen LogP contribution in [0.5, 0.6) is 0 Å². The zero-order valence-electron chi connectivity index (χ0n) is 16.7. The first-order valence-corrected chi connectivity index (χ1v) is 11.9. The quantitative estimate of drug-likeness (QED) is 0.486. The monoisotopic (exact) mass is 496 g/mol. The lowest BCUT2D eigenvalue weighted by molar-refractivity contribution is -0.138. The van der Waals surface area contributed by atoms with E-state index in [1.54, 1.807) is 11.8 Å². The Hall–Kier alpha value is -1.50. The average molecular weight is 498 g/mol. The number of nitrogens with zero attached hydrogens (tertiary/aromatic N) is 1. The van der Waals surface area contributed by atoms with E-state index in [1.807, 2.05) is 55.5 Å². The van der Waals surface area contributed by atoms with Crippen LogP contribution in [0, 0.1) is 0 Å². The van der Waals surface area contributed by atoms with Gasteiger partial charge in [0.1, 0.15) is 6.04 Å². The van der Waals surface area contributed by atoms with Crippen LogP contribution in [0.25, 0.3) is 0 Å². The molecule has 0 aromatic heterocycles. The topological polar surface area (TPSA) is 49.4 Å². The predicted octanol–water partition coefficient (Wildman–Crippen LogP) is 5.28. The molecule has 2 rings (SSSR count). The number of hydrogen-bond donors (Lipinski definition) is 1. The summed E-state index contributed by atoms with van der Waals surface area (Å²) in [4.78, 5) is 27.1. The minimum Gasteiger partial charge on any atom is -0.354 e. The summed E-state index contributed by atoms with van der Waals surface area (Å²) in [6.07, 6.45) is 0.855. The Bertz CT molecular complexity index is 834. The van der Waals surface area contributed by atoms with Crippen LogP contribution < -0.4 is 5.32 Å². The van der Waals surface area contributed by atoms with E-state index >= 15 is 0 Å². The third-order valence-corrected chi connectivity index (χ3v) is 6.06. The second kappa shape index (κ2) is 12.3. The number of thioether (sulfide) groups is 1. The fourth-order valence-electron chi connectivity index (χ4n) is 2.78. The van der Waals surface area contributed by atoms with Crippen LogP contribution in [0.15, 0.2) is 53.0 Å². The van der Waals surface area contributed by atoms with Crippen molar-refractivity contribution in [1.82, 2.24) is 10.2 Å². The molecule has 29 heavy (non-hydrogen) atoms. The van der Waals surface area contributed by atoms with E-state index < -0.39 is 6.04 Å². The van der Waals surface area contributed by atoms with Gasteiger partial charge in [0.15, 0.2) is 0 Å². The molecular formula is C22H26BrClN2O2S. The maximum Gasteiger partial charge on any atom is 0.242 e. The van der Waals surface area contributed by atoms with Crippen molar-refractivity contribution in [3.05, 3.63) is 69.2 Å². The van der Waals surface area contributed by atoms with E-state index in [0.29, 0.717) is 29.6 Å².